The average molecular weight is 700 g/mol. The van der Waals surface area contributed by atoms with Crippen molar-refractivity contribution in [3.63, 3.8) is 0 Å². The van der Waals surface area contributed by atoms with Gasteiger partial charge in [-0.3, -0.25) is 14.4 Å². The van der Waals surface area contributed by atoms with Crippen molar-refractivity contribution in [1.29, 1.82) is 0 Å². The van der Waals surface area contributed by atoms with E-state index in [0.717, 1.165) is 32.3 Å². The Hall–Kier alpha value is -7.65. The number of hydrogen-bond acceptors (Lipinski definition) is 6. The highest BCUT2D eigenvalue weighted by Crippen LogP contribution is 2.38. The Morgan fingerprint density at radius 3 is 0.926 bits per heavy atom. The maximum atomic E-state index is 14.9. The first-order valence-corrected chi connectivity index (χ1v) is 17.5. The Balaban J connectivity index is 1.28. The average Bonchev–Trinajstić information content (AvgIpc) is 3.86. The third kappa shape index (κ3) is 3.37. The zero-order valence-corrected chi connectivity index (χ0v) is 27.8. The molecule has 13 rings (SSSR count). The lowest BCUT2D eigenvalue weighted by Gasteiger charge is -2.13. The van der Waals surface area contributed by atoms with E-state index in [2.05, 4.69) is 15.0 Å². The van der Waals surface area contributed by atoms with Crippen molar-refractivity contribution in [2.24, 2.45) is 0 Å². The minimum atomic E-state index is -0.343. The number of H-pyrrole nitrogens is 3. The van der Waals surface area contributed by atoms with Crippen LogP contribution in [0.4, 0.5) is 0 Å². The van der Waals surface area contributed by atoms with E-state index >= 15 is 0 Å². The molecule has 0 saturated heterocycles. The van der Waals surface area contributed by atoms with Gasteiger partial charge in [-0.1, -0.05) is 54.6 Å². The predicted octanol–water partition coefficient (Wildman–Crippen LogP) is 10.4. The molecule has 9 nitrogen and oxygen atoms in total. The molecule has 0 fully saturated rings. The third-order valence-electron chi connectivity index (χ3n) is 11.2. The molecule has 54 heavy (non-hydrogen) atoms. The van der Waals surface area contributed by atoms with E-state index in [9.17, 15) is 14.4 Å². The van der Waals surface area contributed by atoms with Crippen LogP contribution >= 0.6 is 0 Å². The van der Waals surface area contributed by atoms with Crippen LogP contribution in [0.3, 0.4) is 0 Å². The summed E-state index contributed by atoms with van der Waals surface area (Å²) in [7, 11) is 0. The molecule has 6 heterocycles. The fourth-order valence-corrected chi connectivity index (χ4v) is 8.80. The zero-order valence-electron chi connectivity index (χ0n) is 27.8. The molecule has 0 unspecified atom stereocenters. The van der Waals surface area contributed by atoms with Gasteiger partial charge in [0.1, 0.15) is 33.5 Å². The monoisotopic (exact) mass is 699 g/mol. The molecule has 252 valence electrons. The van der Waals surface area contributed by atoms with Crippen LogP contribution in [0.25, 0.3) is 131 Å². The molecule has 0 radical (unpaired) electrons. The van der Waals surface area contributed by atoms with Crippen LogP contribution < -0.4 is 16.3 Å². The number of nitrogens with one attached hydrogen (secondary N) is 3. The number of benzene rings is 7. The SMILES string of the molecule is O=c1c2cc3oc4ccccc4c3cc2[nH]c2c1c1[nH]c3cc4c(cc3c(=O)c1c1[nH]c3cc5c(cc3c(=O)c21)oc1ccccc15)oc1ccccc14. The van der Waals surface area contributed by atoms with Crippen molar-refractivity contribution in [2.45, 2.75) is 0 Å². The van der Waals surface area contributed by atoms with Crippen molar-refractivity contribution >= 4 is 131 Å². The Bertz CT molecular complexity index is 3650. The maximum absolute atomic E-state index is 14.9. The van der Waals surface area contributed by atoms with Crippen molar-refractivity contribution in [3.8, 4) is 0 Å². The van der Waals surface area contributed by atoms with Gasteiger partial charge >= 0.3 is 0 Å². The summed E-state index contributed by atoms with van der Waals surface area (Å²) in [6.45, 7) is 0. The highest BCUT2D eigenvalue weighted by molar-refractivity contribution is 6.27. The minimum Gasteiger partial charge on any atom is -0.456 e. The van der Waals surface area contributed by atoms with Gasteiger partial charge in [-0.05, 0) is 54.6 Å². The standard InChI is InChI=1S/C45H21N3O6/c49-43-25-16-34-22(19-7-1-4-10-31(19)52-34)13-28(25)46-40-37(43)41-39(45(51)27-18-36-24(15-30(27)47-41)21-9-3-6-12-33(21)54-36)42-38(40)44(50)26-17-35-23(14-29(26)48-42)20-8-2-5-11-32(20)53-35/h1-18H,(H,46,49)(H,47,51)(H,48,50). The van der Waals surface area contributed by atoms with Gasteiger partial charge in [-0.25, -0.2) is 0 Å². The van der Waals surface area contributed by atoms with Crippen LogP contribution in [0.15, 0.2) is 137 Å². The second kappa shape index (κ2) is 9.41. The molecule has 0 aliphatic carbocycles. The van der Waals surface area contributed by atoms with Gasteiger partial charge in [0.15, 0.2) is 16.3 Å². The summed E-state index contributed by atoms with van der Waals surface area (Å²) >= 11 is 0. The second-order valence-electron chi connectivity index (χ2n) is 14.1. The summed E-state index contributed by atoms with van der Waals surface area (Å²) in [6.07, 6.45) is 0. The number of furan rings is 3. The molecular formula is C45H21N3O6. The molecule has 0 amide bonds. The van der Waals surface area contributed by atoms with Crippen LogP contribution in [0, 0.1) is 0 Å². The van der Waals surface area contributed by atoms with E-state index in [1.54, 1.807) is 18.2 Å². The molecule has 9 heteroatoms. The van der Waals surface area contributed by atoms with E-state index in [-0.39, 0.29) is 32.4 Å². The lowest BCUT2D eigenvalue weighted by molar-refractivity contribution is 0.669. The predicted molar refractivity (Wildman–Crippen MR) is 215 cm³/mol. The number of hydrogen-bond donors (Lipinski definition) is 3. The van der Waals surface area contributed by atoms with Gasteiger partial charge in [0.25, 0.3) is 0 Å². The summed E-state index contributed by atoms with van der Waals surface area (Å²) < 4.78 is 18.5. The van der Waals surface area contributed by atoms with E-state index < -0.39 is 0 Å². The highest BCUT2D eigenvalue weighted by atomic mass is 16.3. The van der Waals surface area contributed by atoms with Crippen LogP contribution in [0.1, 0.15) is 0 Å². The van der Waals surface area contributed by atoms with Crippen LogP contribution in [-0.4, -0.2) is 15.0 Å². The summed E-state index contributed by atoms with van der Waals surface area (Å²) in [5.74, 6) is 0. The molecule has 0 spiro atoms. The number of para-hydroxylation sites is 3. The molecule has 0 aliphatic heterocycles. The van der Waals surface area contributed by atoms with Gasteiger partial charge in [-0.2, -0.15) is 0 Å². The molecule has 0 bridgehead atoms. The number of fused-ring (bicyclic) bond motifs is 18. The Morgan fingerprint density at radius 2 is 0.611 bits per heavy atom. The van der Waals surface area contributed by atoms with Crippen LogP contribution in [0.5, 0.6) is 0 Å². The fourth-order valence-electron chi connectivity index (χ4n) is 8.80. The third-order valence-corrected chi connectivity index (χ3v) is 11.2. The Kier molecular flexibility index (Phi) is 4.88. The van der Waals surface area contributed by atoms with E-state index in [4.69, 9.17) is 13.3 Å². The number of rotatable bonds is 0. The summed E-state index contributed by atoms with van der Waals surface area (Å²) in [5, 5.41) is 6.93. The van der Waals surface area contributed by atoms with Gasteiger partial charge in [0, 0.05) is 48.5 Å². The highest BCUT2D eigenvalue weighted by Gasteiger charge is 2.24. The van der Waals surface area contributed by atoms with Crippen LogP contribution in [-0.2, 0) is 0 Å². The molecule has 0 atom stereocenters. The molecule has 3 N–H and O–H groups in total. The van der Waals surface area contributed by atoms with Crippen molar-refractivity contribution in [2.75, 3.05) is 0 Å². The van der Waals surface area contributed by atoms with Crippen molar-refractivity contribution < 1.29 is 13.3 Å². The van der Waals surface area contributed by atoms with Crippen molar-refractivity contribution in [3.05, 3.63) is 140 Å². The smallest absolute Gasteiger partial charge is 0.199 e. The van der Waals surface area contributed by atoms with E-state index in [1.807, 2.05) is 91.0 Å². The number of aromatic amines is 3. The van der Waals surface area contributed by atoms with E-state index in [1.165, 1.54) is 0 Å². The normalized spacial score (nSPS) is 12.7. The molecule has 7 aromatic carbocycles. The van der Waals surface area contributed by atoms with Crippen LogP contribution in [0.2, 0.25) is 0 Å². The number of pyridine rings is 3. The zero-order chi connectivity index (χ0) is 35.6. The largest absolute Gasteiger partial charge is 0.456 e. The first-order chi connectivity index (χ1) is 26.5. The molecular weight excluding hydrogens is 679 g/mol. The molecule has 13 aromatic rings. The second-order valence-corrected chi connectivity index (χ2v) is 14.1. The lowest BCUT2D eigenvalue weighted by atomic mass is 9.97. The minimum absolute atomic E-state index is 0.200. The summed E-state index contributed by atoms with van der Waals surface area (Å²) in [6, 6.07) is 34.0. The first kappa shape index (κ1) is 28.0. The fraction of sp³-hybridized carbons (Fsp3) is 0. The lowest BCUT2D eigenvalue weighted by Crippen LogP contribution is -2.15. The first-order valence-electron chi connectivity index (χ1n) is 17.5. The topological polar surface area (TPSA) is 138 Å². The number of aromatic nitrogens is 3. The molecule has 6 aromatic heterocycles. The van der Waals surface area contributed by atoms with E-state index in [0.29, 0.717) is 82.8 Å². The molecule has 0 aliphatic rings. The summed E-state index contributed by atoms with van der Waals surface area (Å²) in [4.78, 5) is 55.2. The molecule has 0 saturated carbocycles. The van der Waals surface area contributed by atoms with Gasteiger partial charge in [-0.15, -0.1) is 0 Å². The summed E-state index contributed by atoms with van der Waals surface area (Å²) in [5.41, 5.74) is 5.32. The quantitative estimate of drug-likeness (QED) is 0.106. The Labute approximate surface area is 298 Å². The van der Waals surface area contributed by atoms with Gasteiger partial charge in [0.05, 0.1) is 49.3 Å². The van der Waals surface area contributed by atoms with Crippen molar-refractivity contribution in [1.82, 2.24) is 15.0 Å². The van der Waals surface area contributed by atoms with Gasteiger partial charge in [0.2, 0.25) is 0 Å². The van der Waals surface area contributed by atoms with Gasteiger partial charge < -0.3 is 28.2 Å². The Morgan fingerprint density at radius 1 is 0.315 bits per heavy atom. The maximum Gasteiger partial charge on any atom is 0.199 e.